The second kappa shape index (κ2) is 7.08. The van der Waals surface area contributed by atoms with E-state index in [0.29, 0.717) is 5.43 Å². The second-order valence-electron chi connectivity index (χ2n) is 7.45. The number of hydrogen-bond donors (Lipinski definition) is 0. The van der Waals surface area contributed by atoms with Crippen molar-refractivity contribution >= 4 is 27.1 Å². The Morgan fingerprint density at radius 2 is 1.96 bits per heavy atom. The van der Waals surface area contributed by atoms with Crippen molar-refractivity contribution < 1.29 is 0 Å². The van der Waals surface area contributed by atoms with Crippen LogP contribution in [0, 0.1) is 5.92 Å². The van der Waals surface area contributed by atoms with Gasteiger partial charge in [-0.05, 0) is 49.9 Å². The molecule has 1 aromatic heterocycles. The summed E-state index contributed by atoms with van der Waals surface area (Å²) in [5, 5.41) is 0.926. The molecule has 0 saturated carbocycles. The van der Waals surface area contributed by atoms with E-state index in [0.717, 1.165) is 62.4 Å². The summed E-state index contributed by atoms with van der Waals surface area (Å²) >= 11 is 1.87. The van der Waals surface area contributed by atoms with Crippen LogP contribution < -0.4 is 10.3 Å². The summed E-state index contributed by atoms with van der Waals surface area (Å²) in [5.74, 6) is 0.755. The first-order valence-corrected chi connectivity index (χ1v) is 10.6. The predicted molar refractivity (Wildman–Crippen MR) is 108 cm³/mol. The molecule has 25 heavy (non-hydrogen) atoms. The highest BCUT2D eigenvalue weighted by molar-refractivity contribution is 7.18. The summed E-state index contributed by atoms with van der Waals surface area (Å²) in [6.07, 6.45) is 4.47. The Morgan fingerprint density at radius 1 is 1.16 bits per heavy atom. The Balaban J connectivity index is 1.68. The van der Waals surface area contributed by atoms with Crippen LogP contribution in [0.1, 0.15) is 37.1 Å². The quantitative estimate of drug-likeness (QED) is 0.833. The Bertz CT molecular complexity index is 820. The number of rotatable bonds is 3. The molecular weight excluding hydrogens is 328 g/mol. The van der Waals surface area contributed by atoms with Gasteiger partial charge >= 0.3 is 0 Å². The van der Waals surface area contributed by atoms with Crippen LogP contribution in [-0.4, -0.2) is 37.6 Å². The molecule has 1 aromatic carbocycles. The highest BCUT2D eigenvalue weighted by Gasteiger charge is 2.22. The lowest BCUT2D eigenvalue weighted by Gasteiger charge is -2.35. The van der Waals surface area contributed by atoms with Gasteiger partial charge in [0, 0.05) is 52.4 Å². The zero-order chi connectivity index (χ0) is 17.4. The predicted octanol–water partition coefficient (Wildman–Crippen LogP) is 3.92. The van der Waals surface area contributed by atoms with Crippen LogP contribution in [0.25, 0.3) is 10.1 Å². The molecular formula is C21H28N2OS. The third-order valence-corrected chi connectivity index (χ3v) is 7.31. The lowest BCUT2D eigenvalue weighted by Crippen LogP contribution is -2.46. The summed E-state index contributed by atoms with van der Waals surface area (Å²) in [6.45, 7) is 10.1. The van der Waals surface area contributed by atoms with Crippen molar-refractivity contribution in [1.82, 2.24) is 4.90 Å². The van der Waals surface area contributed by atoms with E-state index in [4.69, 9.17) is 0 Å². The standard InChI is InChI=1S/C21H28N2OS/c1-3-15-5-7-17-19(13-15)25-20-14-16(6-8-18(20)21(17)24)23-11-9-22(4-2)10-12-23/h6,8,14-15H,3-5,7,9-13H2,1-2H3. The van der Waals surface area contributed by atoms with E-state index in [9.17, 15) is 4.79 Å². The van der Waals surface area contributed by atoms with Gasteiger partial charge in [0.2, 0.25) is 0 Å². The minimum atomic E-state index is 0.292. The monoisotopic (exact) mass is 356 g/mol. The first-order chi connectivity index (χ1) is 12.2. The molecule has 1 aliphatic carbocycles. The average molecular weight is 357 g/mol. The van der Waals surface area contributed by atoms with Gasteiger partial charge < -0.3 is 9.80 Å². The van der Waals surface area contributed by atoms with Crippen molar-refractivity contribution in [2.24, 2.45) is 5.92 Å². The van der Waals surface area contributed by atoms with Gasteiger partial charge in [-0.3, -0.25) is 4.79 Å². The number of benzene rings is 1. The number of anilines is 1. The summed E-state index contributed by atoms with van der Waals surface area (Å²) in [7, 11) is 0. The highest BCUT2D eigenvalue weighted by atomic mass is 32.1. The van der Waals surface area contributed by atoms with Crippen molar-refractivity contribution in [3.8, 4) is 0 Å². The van der Waals surface area contributed by atoms with E-state index < -0.39 is 0 Å². The molecule has 0 spiro atoms. The smallest absolute Gasteiger partial charge is 0.191 e. The molecule has 1 fully saturated rings. The molecule has 1 aliphatic heterocycles. The van der Waals surface area contributed by atoms with E-state index in [1.807, 2.05) is 11.3 Å². The molecule has 0 radical (unpaired) electrons. The topological polar surface area (TPSA) is 23.6 Å². The fourth-order valence-corrected chi connectivity index (χ4v) is 5.62. The molecule has 134 valence electrons. The lowest BCUT2D eigenvalue weighted by molar-refractivity contribution is 0.271. The summed E-state index contributed by atoms with van der Waals surface area (Å²) < 4.78 is 1.18. The molecule has 1 unspecified atom stereocenters. The number of likely N-dealkylation sites (N-methyl/N-ethyl adjacent to an activating group) is 1. The van der Waals surface area contributed by atoms with Gasteiger partial charge in [0.05, 0.1) is 0 Å². The van der Waals surface area contributed by atoms with Gasteiger partial charge in [-0.1, -0.05) is 20.3 Å². The van der Waals surface area contributed by atoms with Gasteiger partial charge in [-0.2, -0.15) is 0 Å². The van der Waals surface area contributed by atoms with Crippen molar-refractivity contribution in [2.75, 3.05) is 37.6 Å². The van der Waals surface area contributed by atoms with Crippen LogP contribution in [0.3, 0.4) is 0 Å². The van der Waals surface area contributed by atoms with Crippen molar-refractivity contribution in [3.05, 3.63) is 38.9 Å². The largest absolute Gasteiger partial charge is 0.369 e. The Morgan fingerprint density at radius 3 is 2.68 bits per heavy atom. The van der Waals surface area contributed by atoms with Crippen molar-refractivity contribution in [3.63, 3.8) is 0 Å². The highest BCUT2D eigenvalue weighted by Crippen LogP contribution is 2.33. The van der Waals surface area contributed by atoms with Crippen LogP contribution in [0.2, 0.25) is 0 Å². The lowest BCUT2D eigenvalue weighted by atomic mass is 9.87. The Kier molecular flexibility index (Phi) is 4.83. The zero-order valence-electron chi connectivity index (χ0n) is 15.4. The maximum Gasteiger partial charge on any atom is 0.191 e. The fraction of sp³-hybridized carbons (Fsp3) is 0.571. The molecule has 2 aromatic rings. The van der Waals surface area contributed by atoms with E-state index in [1.165, 1.54) is 28.1 Å². The van der Waals surface area contributed by atoms with Crippen molar-refractivity contribution in [1.29, 1.82) is 0 Å². The molecule has 0 bridgehead atoms. The molecule has 2 heterocycles. The van der Waals surface area contributed by atoms with E-state index >= 15 is 0 Å². The number of nitrogens with zero attached hydrogens (tertiary/aromatic N) is 2. The maximum absolute atomic E-state index is 12.9. The summed E-state index contributed by atoms with van der Waals surface area (Å²) in [4.78, 5) is 19.2. The Labute approximate surface area is 154 Å². The first-order valence-electron chi connectivity index (χ1n) is 9.75. The molecule has 3 nitrogen and oxygen atoms in total. The van der Waals surface area contributed by atoms with Gasteiger partial charge in [-0.25, -0.2) is 0 Å². The molecule has 4 heteroatoms. The SMILES string of the molecule is CCC1CCc2c(sc3cc(N4CCN(CC)CC4)ccc3c2=O)C1. The minimum Gasteiger partial charge on any atom is -0.369 e. The van der Waals surface area contributed by atoms with Crippen molar-refractivity contribution in [2.45, 2.75) is 39.5 Å². The van der Waals surface area contributed by atoms with Crippen LogP contribution in [0.5, 0.6) is 0 Å². The molecule has 4 rings (SSSR count). The fourth-order valence-electron chi connectivity index (χ4n) is 4.26. The first kappa shape index (κ1) is 17.0. The van der Waals surface area contributed by atoms with Crippen LogP contribution in [-0.2, 0) is 12.8 Å². The second-order valence-corrected chi connectivity index (χ2v) is 8.59. The normalized spacial score (nSPS) is 21.5. The summed E-state index contributed by atoms with van der Waals surface area (Å²) in [6, 6.07) is 6.49. The summed E-state index contributed by atoms with van der Waals surface area (Å²) in [5.41, 5.74) is 2.67. The van der Waals surface area contributed by atoms with Gasteiger partial charge in [-0.15, -0.1) is 11.3 Å². The van der Waals surface area contributed by atoms with E-state index in [-0.39, 0.29) is 0 Å². The van der Waals surface area contributed by atoms with Gasteiger partial charge in [0.25, 0.3) is 0 Å². The van der Waals surface area contributed by atoms with Crippen LogP contribution in [0.4, 0.5) is 5.69 Å². The molecule has 0 amide bonds. The zero-order valence-corrected chi connectivity index (χ0v) is 16.2. The molecule has 1 saturated heterocycles. The number of piperazine rings is 1. The average Bonchev–Trinajstić information content (AvgIpc) is 2.67. The molecule has 2 aliphatic rings. The van der Waals surface area contributed by atoms with E-state index in [2.05, 4.69) is 41.8 Å². The number of fused-ring (bicyclic) bond motifs is 2. The third-order valence-electron chi connectivity index (χ3n) is 6.09. The van der Waals surface area contributed by atoms with Crippen LogP contribution in [0.15, 0.2) is 23.0 Å². The van der Waals surface area contributed by atoms with Gasteiger partial charge in [0.1, 0.15) is 0 Å². The minimum absolute atomic E-state index is 0.292. The van der Waals surface area contributed by atoms with Crippen LogP contribution >= 0.6 is 11.3 Å². The Hall–Kier alpha value is -1.39. The number of hydrogen-bond acceptors (Lipinski definition) is 4. The maximum atomic E-state index is 12.9. The van der Waals surface area contributed by atoms with Gasteiger partial charge in [0.15, 0.2) is 5.43 Å². The van der Waals surface area contributed by atoms with E-state index in [1.54, 1.807) is 0 Å². The third kappa shape index (κ3) is 3.22. The molecule has 0 N–H and O–H groups in total. The molecule has 1 atom stereocenters.